The summed E-state index contributed by atoms with van der Waals surface area (Å²) in [6, 6.07) is -0.789. The summed E-state index contributed by atoms with van der Waals surface area (Å²) in [5.41, 5.74) is 6.95. The molecule has 1 atom stereocenters. The molecule has 114 valence electrons. The normalized spacial score (nSPS) is 29.3. The van der Waals surface area contributed by atoms with Crippen LogP contribution in [0.25, 0.3) is 0 Å². The molecule has 0 saturated carbocycles. The van der Waals surface area contributed by atoms with Gasteiger partial charge in [0.2, 0.25) is 0 Å². The van der Waals surface area contributed by atoms with E-state index in [4.69, 9.17) is 10.5 Å². The maximum atomic E-state index is 14.2. The minimum absolute atomic E-state index is 0.155. The Hall–Kier alpha value is -1.01. The molecule has 2 aliphatic rings. The van der Waals surface area contributed by atoms with Gasteiger partial charge in [-0.1, -0.05) is 6.92 Å². The first-order valence-electron chi connectivity index (χ1n) is 7.13. The second-order valence-electron chi connectivity index (χ2n) is 5.49. The Balaban J connectivity index is 2.04. The molecule has 2 rings (SSSR count). The van der Waals surface area contributed by atoms with Crippen LogP contribution in [-0.2, 0) is 4.74 Å². The van der Waals surface area contributed by atoms with E-state index in [1.165, 1.54) is 6.20 Å². The standard InChI is InChI=1S/C14H23F2N3O/c1-3-11(6-17)10(2)18-13-4-5-19(9-14(13,15)16)12-7-20-8-12/h6,12-13H,3-5,7-9,17H2,1-2H3. The molecule has 2 N–H and O–H groups in total. The number of allylic oxidation sites excluding steroid dienone is 1. The first kappa shape index (κ1) is 15.4. The number of nitrogens with zero attached hydrogens (tertiary/aromatic N) is 2. The molecule has 0 radical (unpaired) electrons. The molecular formula is C14H23F2N3O. The summed E-state index contributed by atoms with van der Waals surface area (Å²) in [5, 5.41) is 0. The zero-order chi connectivity index (χ0) is 14.8. The molecule has 20 heavy (non-hydrogen) atoms. The van der Waals surface area contributed by atoms with Crippen LogP contribution in [0.3, 0.4) is 0 Å². The molecule has 0 aliphatic carbocycles. The van der Waals surface area contributed by atoms with E-state index in [-0.39, 0.29) is 12.6 Å². The van der Waals surface area contributed by atoms with Crippen LogP contribution < -0.4 is 5.73 Å². The van der Waals surface area contributed by atoms with Crippen molar-refractivity contribution >= 4 is 5.71 Å². The van der Waals surface area contributed by atoms with Crippen LogP contribution in [0.4, 0.5) is 8.78 Å². The van der Waals surface area contributed by atoms with Gasteiger partial charge in [-0.3, -0.25) is 9.89 Å². The maximum absolute atomic E-state index is 14.2. The third-order valence-corrected chi connectivity index (χ3v) is 4.12. The molecule has 0 aromatic rings. The van der Waals surface area contributed by atoms with Gasteiger partial charge >= 0.3 is 0 Å². The van der Waals surface area contributed by atoms with Gasteiger partial charge in [0.05, 0.1) is 25.8 Å². The first-order chi connectivity index (χ1) is 9.47. The largest absolute Gasteiger partial charge is 0.404 e. The summed E-state index contributed by atoms with van der Waals surface area (Å²) in [6.45, 7) is 5.26. The van der Waals surface area contributed by atoms with E-state index in [0.29, 0.717) is 38.3 Å². The maximum Gasteiger partial charge on any atom is 0.282 e. The Bertz CT molecular complexity index is 405. The van der Waals surface area contributed by atoms with Crippen molar-refractivity contribution in [1.82, 2.24) is 4.90 Å². The van der Waals surface area contributed by atoms with Crippen molar-refractivity contribution in [2.24, 2.45) is 10.7 Å². The lowest BCUT2D eigenvalue weighted by Gasteiger charge is -2.43. The lowest BCUT2D eigenvalue weighted by molar-refractivity contribution is -0.133. The van der Waals surface area contributed by atoms with E-state index >= 15 is 0 Å². The van der Waals surface area contributed by atoms with Crippen LogP contribution in [0.1, 0.15) is 26.7 Å². The van der Waals surface area contributed by atoms with Crippen LogP contribution in [0.15, 0.2) is 16.8 Å². The molecular weight excluding hydrogens is 264 g/mol. The average molecular weight is 287 g/mol. The van der Waals surface area contributed by atoms with Gasteiger partial charge < -0.3 is 10.5 Å². The number of alkyl halides is 2. The third-order valence-electron chi connectivity index (χ3n) is 4.12. The summed E-state index contributed by atoms with van der Waals surface area (Å²) >= 11 is 0. The molecule has 2 aliphatic heterocycles. The molecule has 0 bridgehead atoms. The lowest BCUT2D eigenvalue weighted by atomic mass is 9.98. The van der Waals surface area contributed by atoms with Crippen LogP contribution in [-0.4, -0.2) is 54.9 Å². The number of rotatable bonds is 4. The van der Waals surface area contributed by atoms with E-state index in [1.54, 1.807) is 6.92 Å². The topological polar surface area (TPSA) is 50.8 Å². The van der Waals surface area contributed by atoms with E-state index < -0.39 is 12.0 Å². The fraction of sp³-hybridized carbons (Fsp3) is 0.786. The Morgan fingerprint density at radius 2 is 2.20 bits per heavy atom. The summed E-state index contributed by atoms with van der Waals surface area (Å²) in [5.74, 6) is -2.79. The van der Waals surface area contributed by atoms with Crippen molar-refractivity contribution in [2.75, 3.05) is 26.3 Å². The molecule has 2 fully saturated rings. The minimum atomic E-state index is -2.79. The summed E-state index contributed by atoms with van der Waals surface area (Å²) < 4.78 is 33.5. The molecule has 0 spiro atoms. The van der Waals surface area contributed by atoms with E-state index in [2.05, 4.69) is 4.99 Å². The van der Waals surface area contributed by atoms with E-state index in [0.717, 1.165) is 5.57 Å². The number of aliphatic imine (C=N–C) groups is 1. The highest BCUT2D eigenvalue weighted by Gasteiger charge is 2.47. The monoisotopic (exact) mass is 287 g/mol. The number of nitrogens with two attached hydrogens (primary N) is 1. The fourth-order valence-electron chi connectivity index (χ4n) is 2.67. The number of piperidine rings is 1. The molecule has 6 heteroatoms. The molecule has 0 aromatic carbocycles. The predicted molar refractivity (Wildman–Crippen MR) is 75.2 cm³/mol. The van der Waals surface area contributed by atoms with Gasteiger partial charge in [0.25, 0.3) is 5.92 Å². The van der Waals surface area contributed by atoms with E-state index in [9.17, 15) is 8.78 Å². The second kappa shape index (κ2) is 6.18. The number of ether oxygens (including phenoxy) is 1. The van der Waals surface area contributed by atoms with Gasteiger partial charge in [0, 0.05) is 12.3 Å². The molecule has 0 amide bonds. The van der Waals surface area contributed by atoms with Crippen molar-refractivity contribution in [2.45, 2.75) is 44.7 Å². The molecule has 1 unspecified atom stereocenters. The number of likely N-dealkylation sites (tertiary alicyclic amines) is 1. The SMILES string of the molecule is CCC(=CN)C(C)=NC1CCN(C2COC2)CC1(F)F. The van der Waals surface area contributed by atoms with Crippen molar-refractivity contribution in [3.63, 3.8) is 0 Å². The highest BCUT2D eigenvalue weighted by Crippen LogP contribution is 2.32. The van der Waals surface area contributed by atoms with Gasteiger partial charge in [-0.05, 0) is 31.5 Å². The smallest absolute Gasteiger partial charge is 0.282 e. The van der Waals surface area contributed by atoms with Crippen LogP contribution >= 0.6 is 0 Å². The predicted octanol–water partition coefficient (Wildman–Crippen LogP) is 1.81. The quantitative estimate of drug-likeness (QED) is 0.802. The van der Waals surface area contributed by atoms with E-state index in [1.807, 2.05) is 11.8 Å². The van der Waals surface area contributed by atoms with Gasteiger partial charge in [0.15, 0.2) is 0 Å². The Kier molecular flexibility index (Phi) is 4.75. The van der Waals surface area contributed by atoms with Crippen LogP contribution in [0, 0.1) is 0 Å². The number of hydrogen-bond donors (Lipinski definition) is 1. The molecule has 0 aromatic heterocycles. The fourth-order valence-corrected chi connectivity index (χ4v) is 2.67. The van der Waals surface area contributed by atoms with Gasteiger partial charge in [-0.15, -0.1) is 0 Å². The Morgan fingerprint density at radius 1 is 1.50 bits per heavy atom. The van der Waals surface area contributed by atoms with Crippen molar-refractivity contribution in [3.05, 3.63) is 11.8 Å². The number of hydrogen-bond acceptors (Lipinski definition) is 4. The highest BCUT2D eigenvalue weighted by molar-refractivity contribution is 5.98. The summed E-state index contributed by atoms with van der Waals surface area (Å²) in [6.07, 6.45) is 2.54. The third kappa shape index (κ3) is 3.17. The second-order valence-corrected chi connectivity index (χ2v) is 5.49. The average Bonchev–Trinajstić information content (AvgIpc) is 2.31. The molecule has 2 saturated heterocycles. The molecule has 4 nitrogen and oxygen atoms in total. The summed E-state index contributed by atoms with van der Waals surface area (Å²) in [7, 11) is 0. The van der Waals surface area contributed by atoms with Crippen molar-refractivity contribution in [3.8, 4) is 0 Å². The van der Waals surface area contributed by atoms with Crippen LogP contribution in [0.2, 0.25) is 0 Å². The van der Waals surface area contributed by atoms with Gasteiger partial charge in [-0.25, -0.2) is 8.78 Å². The first-order valence-corrected chi connectivity index (χ1v) is 7.13. The Labute approximate surface area is 118 Å². The van der Waals surface area contributed by atoms with Crippen molar-refractivity contribution < 1.29 is 13.5 Å². The highest BCUT2D eigenvalue weighted by atomic mass is 19.3. The number of halogens is 2. The lowest BCUT2D eigenvalue weighted by Crippen LogP contribution is -2.59. The molecule has 2 heterocycles. The van der Waals surface area contributed by atoms with Crippen LogP contribution in [0.5, 0.6) is 0 Å². The van der Waals surface area contributed by atoms with Gasteiger partial charge in [0.1, 0.15) is 6.04 Å². The van der Waals surface area contributed by atoms with Crippen molar-refractivity contribution in [1.29, 1.82) is 0 Å². The minimum Gasteiger partial charge on any atom is -0.404 e. The zero-order valence-corrected chi connectivity index (χ0v) is 12.1. The zero-order valence-electron chi connectivity index (χ0n) is 12.1. The Morgan fingerprint density at radius 3 is 2.65 bits per heavy atom. The van der Waals surface area contributed by atoms with Gasteiger partial charge in [-0.2, -0.15) is 0 Å². The summed E-state index contributed by atoms with van der Waals surface area (Å²) in [4.78, 5) is 6.05.